The Morgan fingerprint density at radius 1 is 1.57 bits per heavy atom. The van der Waals surface area contributed by atoms with Gasteiger partial charge in [-0.3, -0.25) is 4.79 Å². The van der Waals surface area contributed by atoms with E-state index in [4.69, 9.17) is 6.42 Å². The van der Waals surface area contributed by atoms with Crippen LogP contribution in [0.5, 0.6) is 0 Å². The lowest BCUT2D eigenvalue weighted by Gasteiger charge is -2.20. The van der Waals surface area contributed by atoms with Crippen LogP contribution in [0.1, 0.15) is 27.2 Å². The minimum absolute atomic E-state index is 0.0819. The second-order valence-electron chi connectivity index (χ2n) is 3.56. The Labute approximate surface area is 86.9 Å². The van der Waals surface area contributed by atoms with E-state index >= 15 is 0 Å². The number of carbonyl (C=O) groups is 1. The molecule has 0 aliphatic heterocycles. The molecule has 3 heteroatoms. The number of carbonyl (C=O) groups excluding carboxylic acids is 1. The van der Waals surface area contributed by atoms with Gasteiger partial charge in [0, 0.05) is 12.6 Å². The van der Waals surface area contributed by atoms with Crippen LogP contribution in [0.4, 0.5) is 0 Å². The molecule has 0 saturated heterocycles. The molecule has 0 aromatic carbocycles. The van der Waals surface area contributed by atoms with E-state index in [2.05, 4.69) is 11.2 Å². The second-order valence-corrected chi connectivity index (χ2v) is 3.56. The van der Waals surface area contributed by atoms with Crippen LogP contribution in [0.3, 0.4) is 0 Å². The lowest BCUT2D eigenvalue weighted by Crippen LogP contribution is -2.40. The summed E-state index contributed by atoms with van der Waals surface area (Å²) in [6.45, 7) is 7.58. The zero-order valence-electron chi connectivity index (χ0n) is 9.34. The molecule has 0 fully saturated rings. The topological polar surface area (TPSA) is 32.3 Å². The van der Waals surface area contributed by atoms with Gasteiger partial charge in [-0.05, 0) is 6.42 Å². The zero-order valence-corrected chi connectivity index (χ0v) is 9.34. The van der Waals surface area contributed by atoms with Crippen LogP contribution < -0.4 is 5.32 Å². The van der Waals surface area contributed by atoms with Crippen LogP contribution in [-0.4, -0.2) is 36.5 Å². The molecule has 0 atom stereocenters. The minimum atomic E-state index is 0.0819. The third-order valence-electron chi connectivity index (χ3n) is 1.79. The molecule has 3 nitrogen and oxygen atoms in total. The Bertz CT molecular complexity index is 206. The highest BCUT2D eigenvalue weighted by molar-refractivity contribution is 5.78. The molecule has 0 heterocycles. The summed E-state index contributed by atoms with van der Waals surface area (Å²) < 4.78 is 0. The van der Waals surface area contributed by atoms with E-state index in [0.717, 1.165) is 13.0 Å². The third-order valence-corrected chi connectivity index (χ3v) is 1.79. The van der Waals surface area contributed by atoms with Crippen molar-refractivity contribution in [2.24, 2.45) is 0 Å². The first kappa shape index (κ1) is 13.0. The van der Waals surface area contributed by atoms with Gasteiger partial charge >= 0.3 is 0 Å². The molecule has 0 spiro atoms. The van der Waals surface area contributed by atoms with Crippen molar-refractivity contribution >= 4 is 5.91 Å². The maximum atomic E-state index is 11.6. The van der Waals surface area contributed by atoms with Gasteiger partial charge in [0.15, 0.2) is 0 Å². The molecule has 0 aromatic rings. The summed E-state index contributed by atoms with van der Waals surface area (Å²) >= 11 is 0. The van der Waals surface area contributed by atoms with Crippen molar-refractivity contribution in [1.82, 2.24) is 10.2 Å². The predicted octanol–water partition coefficient (Wildman–Crippen LogP) is 0.856. The molecule has 80 valence electrons. The van der Waals surface area contributed by atoms with Gasteiger partial charge in [-0.15, -0.1) is 6.42 Å². The summed E-state index contributed by atoms with van der Waals surface area (Å²) in [7, 11) is 0. The lowest BCUT2D eigenvalue weighted by atomic mass is 10.3. The van der Waals surface area contributed by atoms with E-state index in [0.29, 0.717) is 19.1 Å². The number of amides is 1. The highest BCUT2D eigenvalue weighted by Crippen LogP contribution is 1.91. The van der Waals surface area contributed by atoms with Gasteiger partial charge in [0.1, 0.15) is 0 Å². The fraction of sp³-hybridized carbons (Fsp3) is 0.727. The Morgan fingerprint density at radius 3 is 2.64 bits per heavy atom. The molecule has 14 heavy (non-hydrogen) atoms. The van der Waals surface area contributed by atoms with Crippen LogP contribution in [0.15, 0.2) is 0 Å². The van der Waals surface area contributed by atoms with E-state index in [-0.39, 0.29) is 5.91 Å². The Kier molecular flexibility index (Phi) is 6.87. The first-order chi connectivity index (χ1) is 6.61. The first-order valence-corrected chi connectivity index (χ1v) is 5.06. The van der Waals surface area contributed by atoms with Crippen molar-refractivity contribution in [3.8, 4) is 12.3 Å². The highest BCUT2D eigenvalue weighted by atomic mass is 16.2. The number of nitrogens with one attached hydrogen (secondary N) is 1. The van der Waals surface area contributed by atoms with Gasteiger partial charge < -0.3 is 10.2 Å². The summed E-state index contributed by atoms with van der Waals surface area (Å²) in [5.74, 6) is 2.58. The number of hydrogen-bond donors (Lipinski definition) is 1. The Morgan fingerprint density at radius 2 is 2.21 bits per heavy atom. The summed E-state index contributed by atoms with van der Waals surface area (Å²) in [6, 6.07) is 0.327. The highest BCUT2D eigenvalue weighted by Gasteiger charge is 2.10. The summed E-state index contributed by atoms with van der Waals surface area (Å²) in [6.07, 6.45) is 6.13. The minimum Gasteiger partial charge on any atom is -0.330 e. The van der Waals surface area contributed by atoms with Crippen LogP contribution in [0.2, 0.25) is 0 Å². The normalized spacial score (nSPS) is 9.93. The molecular weight excluding hydrogens is 176 g/mol. The number of terminal acetylenes is 1. The SMILES string of the molecule is C#CCN(CCC)C(=O)CNC(C)C. The van der Waals surface area contributed by atoms with Gasteiger partial charge in [0.25, 0.3) is 0 Å². The Balaban J connectivity index is 3.96. The van der Waals surface area contributed by atoms with Crippen molar-refractivity contribution in [2.45, 2.75) is 33.2 Å². The van der Waals surface area contributed by atoms with Crippen molar-refractivity contribution in [3.63, 3.8) is 0 Å². The fourth-order valence-corrected chi connectivity index (χ4v) is 1.08. The van der Waals surface area contributed by atoms with Gasteiger partial charge in [-0.25, -0.2) is 0 Å². The molecule has 0 aliphatic rings. The third kappa shape index (κ3) is 5.60. The van der Waals surface area contributed by atoms with Crippen molar-refractivity contribution < 1.29 is 4.79 Å². The molecule has 0 aromatic heterocycles. The number of hydrogen-bond acceptors (Lipinski definition) is 2. The van der Waals surface area contributed by atoms with Gasteiger partial charge in [0.2, 0.25) is 5.91 Å². The Hall–Kier alpha value is -1.01. The van der Waals surface area contributed by atoms with E-state index < -0.39 is 0 Å². The van der Waals surface area contributed by atoms with Gasteiger partial charge in [-0.2, -0.15) is 0 Å². The number of rotatable bonds is 6. The van der Waals surface area contributed by atoms with Crippen LogP contribution in [-0.2, 0) is 4.79 Å². The van der Waals surface area contributed by atoms with E-state index in [9.17, 15) is 4.79 Å². The summed E-state index contributed by atoms with van der Waals surface area (Å²) in [5.41, 5.74) is 0. The van der Waals surface area contributed by atoms with Crippen LogP contribution in [0.25, 0.3) is 0 Å². The van der Waals surface area contributed by atoms with E-state index in [1.165, 1.54) is 0 Å². The molecule has 0 aliphatic carbocycles. The largest absolute Gasteiger partial charge is 0.330 e. The first-order valence-electron chi connectivity index (χ1n) is 5.06. The molecule has 0 radical (unpaired) electrons. The van der Waals surface area contributed by atoms with Gasteiger partial charge in [0.05, 0.1) is 13.1 Å². The van der Waals surface area contributed by atoms with Gasteiger partial charge in [-0.1, -0.05) is 26.7 Å². The van der Waals surface area contributed by atoms with Crippen LogP contribution in [0, 0.1) is 12.3 Å². The molecule has 0 bridgehead atoms. The summed E-state index contributed by atoms with van der Waals surface area (Å²) in [4.78, 5) is 13.3. The standard InChI is InChI=1S/C11H20N2O/c1-5-7-13(8-6-2)11(14)9-12-10(3)4/h1,10,12H,6-9H2,2-4H3. The quantitative estimate of drug-likeness (QED) is 0.639. The van der Waals surface area contributed by atoms with E-state index in [1.807, 2.05) is 20.8 Å². The fourth-order valence-electron chi connectivity index (χ4n) is 1.08. The molecule has 0 unspecified atom stereocenters. The van der Waals surface area contributed by atoms with E-state index in [1.54, 1.807) is 4.90 Å². The van der Waals surface area contributed by atoms with Crippen LogP contribution >= 0.6 is 0 Å². The lowest BCUT2D eigenvalue weighted by molar-refractivity contribution is -0.129. The second kappa shape index (κ2) is 7.40. The number of nitrogens with zero attached hydrogens (tertiary/aromatic N) is 1. The monoisotopic (exact) mass is 196 g/mol. The summed E-state index contributed by atoms with van der Waals surface area (Å²) in [5, 5.41) is 3.08. The maximum Gasteiger partial charge on any atom is 0.237 e. The average molecular weight is 196 g/mol. The molecule has 0 saturated carbocycles. The maximum absolute atomic E-state index is 11.6. The molecule has 0 rings (SSSR count). The van der Waals surface area contributed by atoms with Crippen molar-refractivity contribution in [1.29, 1.82) is 0 Å². The van der Waals surface area contributed by atoms with Crippen molar-refractivity contribution in [3.05, 3.63) is 0 Å². The average Bonchev–Trinajstić information content (AvgIpc) is 2.14. The smallest absolute Gasteiger partial charge is 0.237 e. The predicted molar refractivity (Wildman–Crippen MR) is 58.8 cm³/mol. The molecular formula is C11H20N2O. The molecule has 1 amide bonds. The molecule has 1 N–H and O–H groups in total. The zero-order chi connectivity index (χ0) is 11.0. The van der Waals surface area contributed by atoms with Crippen molar-refractivity contribution in [2.75, 3.05) is 19.6 Å².